The molecule has 0 radical (unpaired) electrons. The van der Waals surface area contributed by atoms with Crippen molar-refractivity contribution in [3.63, 3.8) is 0 Å². The summed E-state index contributed by atoms with van der Waals surface area (Å²) in [6.45, 7) is 4.51. The first kappa shape index (κ1) is 19.7. The molecule has 1 aliphatic heterocycles. The van der Waals surface area contributed by atoms with Crippen LogP contribution in [0.5, 0.6) is 0 Å². The molecule has 1 amide bonds. The topological polar surface area (TPSA) is 58.9 Å². The third kappa shape index (κ3) is 3.89. The number of carbonyl (C=O) groups excluding carboxylic acids is 1. The van der Waals surface area contributed by atoms with Crippen molar-refractivity contribution < 1.29 is 9.53 Å². The van der Waals surface area contributed by atoms with Crippen molar-refractivity contribution in [1.29, 1.82) is 0 Å². The van der Waals surface area contributed by atoms with Crippen LogP contribution in [0.2, 0.25) is 0 Å². The first-order valence-electron chi connectivity index (χ1n) is 12.3. The maximum atomic E-state index is 13.4. The fraction of sp³-hybridized carbons (Fsp3) is 0.680. The molecule has 3 heterocycles. The van der Waals surface area contributed by atoms with Gasteiger partial charge in [0, 0.05) is 38.3 Å². The van der Waals surface area contributed by atoms with Gasteiger partial charge in [0.05, 0.1) is 18.7 Å². The van der Waals surface area contributed by atoms with Crippen LogP contribution in [0, 0.1) is 23.7 Å². The van der Waals surface area contributed by atoms with Gasteiger partial charge in [-0.3, -0.25) is 9.69 Å². The van der Waals surface area contributed by atoms with E-state index in [0.29, 0.717) is 11.7 Å². The zero-order valence-electron chi connectivity index (χ0n) is 18.3. The average molecular weight is 423 g/mol. The molecule has 6 nitrogen and oxygen atoms in total. The van der Waals surface area contributed by atoms with Crippen molar-refractivity contribution in [3.05, 3.63) is 35.9 Å². The third-order valence-corrected chi connectivity index (χ3v) is 8.37. The van der Waals surface area contributed by atoms with E-state index in [9.17, 15) is 4.79 Å². The number of nitrogens with one attached hydrogen (secondary N) is 1. The minimum absolute atomic E-state index is 0.0126. The summed E-state index contributed by atoms with van der Waals surface area (Å²) < 4.78 is 7.56. The van der Waals surface area contributed by atoms with Gasteiger partial charge in [0.15, 0.2) is 5.69 Å². The van der Waals surface area contributed by atoms with E-state index in [0.717, 1.165) is 80.7 Å². The van der Waals surface area contributed by atoms with E-state index in [4.69, 9.17) is 9.72 Å². The molecular formula is C25H34N4O2. The largest absolute Gasteiger partial charge is 0.379 e. The summed E-state index contributed by atoms with van der Waals surface area (Å²) in [5.41, 5.74) is 1.52. The summed E-state index contributed by atoms with van der Waals surface area (Å²) in [6.07, 6.45) is 10.8. The molecule has 5 unspecified atom stereocenters. The van der Waals surface area contributed by atoms with E-state index in [2.05, 4.69) is 14.6 Å². The number of hydrogen-bond donors (Lipinski definition) is 1. The van der Waals surface area contributed by atoms with Crippen LogP contribution in [0.15, 0.2) is 24.4 Å². The fourth-order valence-corrected chi connectivity index (χ4v) is 7.06. The average Bonchev–Trinajstić information content (AvgIpc) is 3.25. The molecule has 3 saturated carbocycles. The number of hydrogen-bond acceptors (Lipinski definition) is 4. The van der Waals surface area contributed by atoms with Crippen molar-refractivity contribution >= 4 is 11.4 Å². The maximum Gasteiger partial charge on any atom is 0.272 e. The number of fused-ring (bicyclic) bond motifs is 3. The maximum absolute atomic E-state index is 13.4. The summed E-state index contributed by atoms with van der Waals surface area (Å²) in [7, 11) is 0. The minimum Gasteiger partial charge on any atom is -0.379 e. The van der Waals surface area contributed by atoms with Crippen molar-refractivity contribution in [1.82, 2.24) is 19.6 Å². The molecule has 3 aliphatic carbocycles. The Kier molecular flexibility index (Phi) is 5.23. The molecule has 2 aromatic heterocycles. The lowest BCUT2D eigenvalue weighted by Gasteiger charge is -2.28. The first-order valence-corrected chi connectivity index (χ1v) is 12.3. The predicted molar refractivity (Wildman–Crippen MR) is 119 cm³/mol. The van der Waals surface area contributed by atoms with E-state index in [1.165, 1.54) is 32.1 Å². The molecule has 0 aromatic carbocycles. The number of aromatic nitrogens is 2. The number of carbonyl (C=O) groups is 1. The predicted octanol–water partition coefficient (Wildman–Crippen LogP) is 3.15. The van der Waals surface area contributed by atoms with E-state index in [1.54, 1.807) is 0 Å². The first-order chi connectivity index (χ1) is 15.2. The molecule has 4 fully saturated rings. The zero-order valence-corrected chi connectivity index (χ0v) is 18.3. The summed E-state index contributed by atoms with van der Waals surface area (Å²) >= 11 is 0. The highest BCUT2D eigenvalue weighted by atomic mass is 16.5. The van der Waals surface area contributed by atoms with Gasteiger partial charge < -0.3 is 14.5 Å². The monoisotopic (exact) mass is 422 g/mol. The molecule has 0 spiro atoms. The highest BCUT2D eigenvalue weighted by Crippen LogP contribution is 2.53. The van der Waals surface area contributed by atoms with Crippen molar-refractivity contribution in [2.45, 2.75) is 51.0 Å². The number of nitrogens with zero attached hydrogens (tertiary/aromatic N) is 3. The van der Waals surface area contributed by atoms with Crippen LogP contribution < -0.4 is 5.32 Å². The van der Waals surface area contributed by atoms with Crippen LogP contribution >= 0.6 is 0 Å². The van der Waals surface area contributed by atoms with Crippen LogP contribution in [0.25, 0.3) is 5.52 Å². The van der Waals surface area contributed by atoms with Gasteiger partial charge in [0.25, 0.3) is 5.91 Å². The number of rotatable bonds is 5. The van der Waals surface area contributed by atoms with Crippen LogP contribution in [0.3, 0.4) is 0 Å². The number of pyridine rings is 1. The van der Waals surface area contributed by atoms with Gasteiger partial charge in [-0.2, -0.15) is 0 Å². The number of amides is 1. The lowest BCUT2D eigenvalue weighted by atomic mass is 9.79. The van der Waals surface area contributed by atoms with Crippen LogP contribution in [-0.4, -0.2) is 59.1 Å². The number of morpholine rings is 1. The lowest BCUT2D eigenvalue weighted by molar-refractivity contribution is 0.0382. The van der Waals surface area contributed by atoms with Crippen LogP contribution in [0.4, 0.5) is 0 Å². The molecule has 6 heteroatoms. The Morgan fingerprint density at radius 1 is 1.03 bits per heavy atom. The Morgan fingerprint density at radius 3 is 2.65 bits per heavy atom. The van der Waals surface area contributed by atoms with E-state index < -0.39 is 0 Å². The summed E-state index contributed by atoms with van der Waals surface area (Å²) in [5.74, 6) is 4.52. The van der Waals surface area contributed by atoms with Gasteiger partial charge in [-0.15, -0.1) is 0 Å². The van der Waals surface area contributed by atoms with Gasteiger partial charge >= 0.3 is 0 Å². The summed E-state index contributed by atoms with van der Waals surface area (Å²) in [4.78, 5) is 20.6. The second-order valence-electron chi connectivity index (χ2n) is 10.4. The molecule has 3 bridgehead atoms. The number of imidazole rings is 1. The third-order valence-electron chi connectivity index (χ3n) is 8.37. The molecule has 2 aromatic rings. The Labute approximate surface area is 184 Å². The van der Waals surface area contributed by atoms with E-state index in [1.807, 2.05) is 24.4 Å². The smallest absolute Gasteiger partial charge is 0.272 e. The van der Waals surface area contributed by atoms with Gasteiger partial charge in [-0.25, -0.2) is 4.98 Å². The van der Waals surface area contributed by atoms with Crippen molar-refractivity contribution in [3.8, 4) is 0 Å². The summed E-state index contributed by atoms with van der Waals surface area (Å²) in [6, 6.07) is 6.36. The van der Waals surface area contributed by atoms with Gasteiger partial charge in [0.1, 0.15) is 5.82 Å². The van der Waals surface area contributed by atoms with Crippen LogP contribution in [0.1, 0.15) is 54.8 Å². The highest BCUT2D eigenvalue weighted by molar-refractivity contribution is 5.99. The fourth-order valence-electron chi connectivity index (χ4n) is 7.06. The standard InChI is InChI=1S/C25H34N4O2/c30-25(26-21-15-18-11-17-12-19(14-18)20(13-17)16-21)24-22-3-1-2-5-29(22)23(27-24)4-6-28-7-9-31-10-8-28/h1-3,5,17-21H,4,6-16H2,(H,26,30). The van der Waals surface area contributed by atoms with Gasteiger partial charge in [-0.1, -0.05) is 6.07 Å². The SMILES string of the molecule is O=C(NC1CC2CC3CC(C2)C(C3)C1)c1nc(CCN2CCOCC2)n2ccccc12. The molecule has 166 valence electrons. The van der Waals surface area contributed by atoms with E-state index in [-0.39, 0.29) is 5.91 Å². The normalized spacial score (nSPS) is 33.0. The van der Waals surface area contributed by atoms with E-state index >= 15 is 0 Å². The minimum atomic E-state index is 0.0126. The van der Waals surface area contributed by atoms with Crippen molar-refractivity contribution in [2.75, 3.05) is 32.8 Å². The second-order valence-corrected chi connectivity index (χ2v) is 10.4. The molecular weight excluding hydrogens is 388 g/mol. The van der Waals surface area contributed by atoms with Crippen molar-refractivity contribution in [2.24, 2.45) is 23.7 Å². The Balaban J connectivity index is 1.18. The molecule has 6 rings (SSSR count). The molecule has 4 aliphatic rings. The Morgan fingerprint density at radius 2 is 1.81 bits per heavy atom. The Hall–Kier alpha value is -1.92. The molecule has 1 N–H and O–H groups in total. The molecule has 5 atom stereocenters. The Bertz CT molecular complexity index is 948. The highest BCUT2D eigenvalue weighted by Gasteiger charge is 2.45. The van der Waals surface area contributed by atoms with Gasteiger partial charge in [0.2, 0.25) is 0 Å². The quantitative estimate of drug-likeness (QED) is 0.804. The van der Waals surface area contributed by atoms with Crippen LogP contribution in [-0.2, 0) is 11.2 Å². The second kappa shape index (κ2) is 8.21. The van der Waals surface area contributed by atoms with Gasteiger partial charge in [-0.05, 0) is 74.3 Å². The molecule has 1 saturated heterocycles. The summed E-state index contributed by atoms with van der Waals surface area (Å²) in [5, 5.41) is 3.41. The lowest BCUT2D eigenvalue weighted by Crippen LogP contribution is -2.38. The molecule has 31 heavy (non-hydrogen) atoms. The number of ether oxygens (including phenoxy) is 1. The zero-order chi connectivity index (χ0) is 20.8.